The van der Waals surface area contributed by atoms with Crippen LogP contribution in [0.5, 0.6) is 23.4 Å². The lowest BCUT2D eigenvalue weighted by molar-refractivity contribution is 0.0974. The molecule has 3 aromatic rings. The van der Waals surface area contributed by atoms with E-state index in [2.05, 4.69) is 0 Å². The van der Waals surface area contributed by atoms with Crippen LogP contribution < -0.4 is 9.47 Å². The molecule has 1 aliphatic rings. The van der Waals surface area contributed by atoms with E-state index in [-0.39, 0.29) is 44.5 Å². The third kappa shape index (κ3) is 1.86. The van der Waals surface area contributed by atoms with E-state index in [0.29, 0.717) is 0 Å². The number of furan rings is 1. The van der Waals surface area contributed by atoms with Crippen LogP contribution >= 0.6 is 0 Å². The molecule has 126 valence electrons. The van der Waals surface area contributed by atoms with Crippen LogP contribution in [0.4, 0.5) is 0 Å². The number of carbonyl (C=O) groups excluding carboxylic acids is 2. The topological polar surface area (TPSA) is 106 Å². The Hall–Kier alpha value is -3.48. The molecule has 1 heterocycles. The molecule has 0 aliphatic heterocycles. The molecule has 0 saturated heterocycles. The van der Waals surface area contributed by atoms with Crippen molar-refractivity contribution in [3.8, 4) is 23.4 Å². The van der Waals surface area contributed by atoms with Crippen molar-refractivity contribution in [2.45, 2.75) is 0 Å². The Balaban J connectivity index is 2.09. The van der Waals surface area contributed by atoms with Gasteiger partial charge in [0, 0.05) is 11.1 Å². The molecule has 0 atom stereocenters. The number of hydrogen-bond acceptors (Lipinski definition) is 7. The fourth-order valence-electron chi connectivity index (χ4n) is 3.16. The molecule has 0 spiro atoms. The van der Waals surface area contributed by atoms with Crippen molar-refractivity contribution in [1.82, 2.24) is 0 Å². The van der Waals surface area contributed by atoms with Crippen LogP contribution in [0.2, 0.25) is 0 Å². The van der Waals surface area contributed by atoms with E-state index in [1.165, 1.54) is 26.4 Å². The largest absolute Gasteiger partial charge is 0.496 e. The summed E-state index contributed by atoms with van der Waals surface area (Å²) in [4.78, 5) is 26.0. The molecule has 0 bridgehead atoms. The average molecular weight is 340 g/mol. The van der Waals surface area contributed by atoms with Crippen LogP contribution in [0.15, 0.2) is 28.7 Å². The Morgan fingerprint density at radius 1 is 0.800 bits per heavy atom. The predicted molar refractivity (Wildman–Crippen MR) is 86.0 cm³/mol. The quantitative estimate of drug-likeness (QED) is 0.578. The van der Waals surface area contributed by atoms with E-state index in [4.69, 9.17) is 13.9 Å². The van der Waals surface area contributed by atoms with E-state index in [0.717, 1.165) is 0 Å². The van der Waals surface area contributed by atoms with Gasteiger partial charge in [0.1, 0.15) is 11.5 Å². The second-order valence-corrected chi connectivity index (χ2v) is 5.53. The summed E-state index contributed by atoms with van der Waals surface area (Å²) in [6, 6.07) is 5.75. The van der Waals surface area contributed by atoms with Gasteiger partial charge in [0.2, 0.25) is 0 Å². The van der Waals surface area contributed by atoms with E-state index in [1.54, 1.807) is 12.1 Å². The first-order chi connectivity index (χ1) is 12.0. The predicted octanol–water partition coefficient (Wildman–Crippen LogP) is 2.64. The number of benzene rings is 2. The molecule has 0 amide bonds. The van der Waals surface area contributed by atoms with Crippen LogP contribution in [-0.2, 0) is 0 Å². The number of ether oxygens (including phenoxy) is 2. The van der Waals surface area contributed by atoms with Crippen LogP contribution in [-0.4, -0.2) is 36.0 Å². The summed E-state index contributed by atoms with van der Waals surface area (Å²) in [5.41, 5.74) is 0.386. The number of carbonyl (C=O) groups is 2. The maximum atomic E-state index is 13.0. The lowest BCUT2D eigenvalue weighted by Crippen LogP contribution is -2.22. The highest BCUT2D eigenvalue weighted by molar-refractivity contribution is 6.31. The monoisotopic (exact) mass is 340 g/mol. The zero-order chi connectivity index (χ0) is 17.9. The molecule has 0 saturated carbocycles. The summed E-state index contributed by atoms with van der Waals surface area (Å²) >= 11 is 0. The van der Waals surface area contributed by atoms with Gasteiger partial charge in [-0.25, -0.2) is 0 Å². The SMILES string of the molecule is COc1ccc(OC)c2c1C(=O)c1cc3c(O)oc(O)c3cc1C2=O. The van der Waals surface area contributed by atoms with Gasteiger partial charge in [-0.2, -0.15) is 0 Å². The van der Waals surface area contributed by atoms with Gasteiger partial charge in [0.05, 0.1) is 36.1 Å². The van der Waals surface area contributed by atoms with Crippen molar-refractivity contribution in [2.24, 2.45) is 0 Å². The zero-order valence-corrected chi connectivity index (χ0v) is 13.2. The summed E-state index contributed by atoms with van der Waals surface area (Å²) in [5, 5.41) is 19.8. The number of rotatable bonds is 2. The minimum atomic E-state index is -0.529. The summed E-state index contributed by atoms with van der Waals surface area (Å²) in [5.74, 6) is -1.44. The van der Waals surface area contributed by atoms with Gasteiger partial charge in [-0.05, 0) is 24.3 Å². The molecule has 0 radical (unpaired) electrons. The van der Waals surface area contributed by atoms with Crippen molar-refractivity contribution in [3.63, 3.8) is 0 Å². The maximum Gasteiger partial charge on any atom is 0.293 e. The highest BCUT2D eigenvalue weighted by atomic mass is 16.5. The fourth-order valence-corrected chi connectivity index (χ4v) is 3.16. The van der Waals surface area contributed by atoms with E-state index < -0.39 is 23.5 Å². The molecule has 0 unspecified atom stereocenters. The van der Waals surface area contributed by atoms with Crippen LogP contribution in [0.1, 0.15) is 31.8 Å². The van der Waals surface area contributed by atoms with Gasteiger partial charge >= 0.3 is 0 Å². The van der Waals surface area contributed by atoms with Crippen molar-refractivity contribution >= 4 is 22.3 Å². The minimum absolute atomic E-state index is 0.0904. The van der Waals surface area contributed by atoms with Crippen molar-refractivity contribution in [2.75, 3.05) is 14.2 Å². The van der Waals surface area contributed by atoms with Crippen LogP contribution in [0.3, 0.4) is 0 Å². The van der Waals surface area contributed by atoms with Crippen LogP contribution in [0.25, 0.3) is 10.8 Å². The molecular weight excluding hydrogens is 328 g/mol. The normalized spacial score (nSPS) is 12.9. The standard InChI is InChI=1S/C18H12O7/c1-23-11-3-4-12(24-2)14-13(11)15(19)7-5-9-10(6-8(7)16(14)20)18(22)25-17(9)21/h3-6,21-22H,1-2H3. The molecule has 1 aromatic heterocycles. The van der Waals surface area contributed by atoms with Gasteiger partial charge in [-0.15, -0.1) is 0 Å². The zero-order valence-electron chi connectivity index (χ0n) is 13.2. The van der Waals surface area contributed by atoms with E-state index in [9.17, 15) is 19.8 Å². The smallest absolute Gasteiger partial charge is 0.293 e. The highest BCUT2D eigenvalue weighted by Crippen LogP contribution is 2.43. The number of ketones is 2. The third-order valence-electron chi connectivity index (χ3n) is 4.32. The second kappa shape index (κ2) is 5.01. The Kier molecular flexibility index (Phi) is 3.02. The molecule has 2 aromatic carbocycles. The van der Waals surface area contributed by atoms with Gasteiger partial charge in [0.25, 0.3) is 11.9 Å². The first kappa shape index (κ1) is 15.1. The van der Waals surface area contributed by atoms with E-state index in [1.807, 2.05) is 0 Å². The lowest BCUT2D eigenvalue weighted by Gasteiger charge is -2.21. The number of methoxy groups -OCH3 is 2. The summed E-state index contributed by atoms with van der Waals surface area (Å²) < 4.78 is 15.2. The molecule has 1 aliphatic carbocycles. The first-order valence-electron chi connectivity index (χ1n) is 7.30. The molecule has 4 rings (SSSR count). The Morgan fingerprint density at radius 3 is 1.56 bits per heavy atom. The number of fused-ring (bicyclic) bond motifs is 3. The number of hydrogen-bond donors (Lipinski definition) is 2. The third-order valence-corrected chi connectivity index (χ3v) is 4.32. The van der Waals surface area contributed by atoms with Crippen molar-refractivity contribution in [1.29, 1.82) is 0 Å². The average Bonchev–Trinajstić information content (AvgIpc) is 2.90. The summed E-state index contributed by atoms with van der Waals surface area (Å²) in [6.45, 7) is 0. The van der Waals surface area contributed by atoms with Crippen molar-refractivity contribution < 1.29 is 33.7 Å². The molecule has 7 nitrogen and oxygen atoms in total. The Labute approximate surface area is 141 Å². The second-order valence-electron chi connectivity index (χ2n) is 5.53. The molecule has 7 heteroatoms. The van der Waals surface area contributed by atoms with Gasteiger partial charge < -0.3 is 24.1 Å². The van der Waals surface area contributed by atoms with Gasteiger partial charge in [0.15, 0.2) is 11.6 Å². The van der Waals surface area contributed by atoms with Gasteiger partial charge in [-0.3, -0.25) is 9.59 Å². The first-order valence-corrected chi connectivity index (χ1v) is 7.30. The summed E-state index contributed by atoms with van der Waals surface area (Å²) in [6.07, 6.45) is 0. The van der Waals surface area contributed by atoms with E-state index >= 15 is 0 Å². The van der Waals surface area contributed by atoms with Gasteiger partial charge in [-0.1, -0.05) is 0 Å². The molecule has 0 fully saturated rings. The minimum Gasteiger partial charge on any atom is -0.496 e. The summed E-state index contributed by atoms with van der Waals surface area (Å²) in [7, 11) is 2.80. The maximum absolute atomic E-state index is 13.0. The van der Waals surface area contributed by atoms with Crippen molar-refractivity contribution in [3.05, 3.63) is 46.5 Å². The molecule has 2 N–H and O–H groups in total. The highest BCUT2D eigenvalue weighted by Gasteiger charge is 2.36. The Bertz CT molecular complexity index is 992. The Morgan fingerprint density at radius 2 is 1.20 bits per heavy atom. The number of aromatic hydroxyl groups is 2. The molecular formula is C18H12O7. The fraction of sp³-hybridized carbons (Fsp3) is 0.111. The molecule has 25 heavy (non-hydrogen) atoms. The lowest BCUT2D eigenvalue weighted by atomic mass is 9.82. The van der Waals surface area contributed by atoms with Crippen LogP contribution in [0, 0.1) is 0 Å².